The second-order valence-corrected chi connectivity index (χ2v) is 13.0. The molecule has 1 atom stereocenters. The Hall–Kier alpha value is -2.01. The summed E-state index contributed by atoms with van der Waals surface area (Å²) < 4.78 is 27.8. The minimum atomic E-state index is -3.87. The van der Waals surface area contributed by atoms with Gasteiger partial charge >= 0.3 is 0 Å². The molecule has 170 valence electrons. The van der Waals surface area contributed by atoms with Crippen molar-refractivity contribution in [2.24, 2.45) is 0 Å². The number of sulfonamides is 1. The molecule has 2 aliphatic heterocycles. The molecule has 2 aromatic rings. The van der Waals surface area contributed by atoms with Crippen LogP contribution in [0.5, 0.6) is 0 Å². The van der Waals surface area contributed by atoms with Crippen LogP contribution in [-0.4, -0.2) is 52.7 Å². The lowest BCUT2D eigenvalue weighted by molar-refractivity contribution is -0.130. The van der Waals surface area contributed by atoms with Crippen molar-refractivity contribution in [3.8, 4) is 0 Å². The lowest BCUT2D eigenvalue weighted by atomic mass is 10.1. The van der Waals surface area contributed by atoms with E-state index in [1.54, 1.807) is 47.8 Å². The summed E-state index contributed by atoms with van der Waals surface area (Å²) in [6.07, 6.45) is 0.515. The summed E-state index contributed by atoms with van der Waals surface area (Å²) >= 11 is 3.41. The summed E-state index contributed by atoms with van der Waals surface area (Å²) in [7, 11) is -3.87. The maximum atomic E-state index is 13.4. The monoisotopic (exact) mass is 491 g/mol. The Labute approximate surface area is 196 Å². The van der Waals surface area contributed by atoms with Crippen LogP contribution in [0.1, 0.15) is 17.5 Å². The van der Waals surface area contributed by atoms with Crippen LogP contribution in [0.15, 0.2) is 59.5 Å². The van der Waals surface area contributed by atoms with Gasteiger partial charge in [0.1, 0.15) is 6.04 Å². The number of nitrogens with zero attached hydrogens (tertiary/aromatic N) is 1. The molecule has 4 rings (SSSR count). The number of nitrogens with one attached hydrogen (secondary N) is 2. The number of hydrogen-bond donors (Lipinski definition) is 2. The van der Waals surface area contributed by atoms with E-state index in [0.717, 1.165) is 22.6 Å². The number of hydrogen-bond acceptors (Lipinski definition) is 6. The van der Waals surface area contributed by atoms with E-state index in [-0.39, 0.29) is 27.8 Å². The molecule has 1 spiro atoms. The second-order valence-electron chi connectivity index (χ2n) is 7.89. The smallest absolute Gasteiger partial charge is 0.256 e. The highest BCUT2D eigenvalue weighted by atomic mass is 32.2. The Bertz CT molecular complexity index is 1090. The van der Waals surface area contributed by atoms with Gasteiger partial charge < -0.3 is 0 Å². The zero-order valence-corrected chi connectivity index (χ0v) is 20.1. The Morgan fingerprint density at radius 2 is 1.69 bits per heavy atom. The van der Waals surface area contributed by atoms with Gasteiger partial charge in [-0.2, -0.15) is 4.31 Å². The van der Waals surface area contributed by atoms with Gasteiger partial charge in [0.05, 0.1) is 15.4 Å². The minimum absolute atomic E-state index is 0.118. The molecule has 0 radical (unpaired) electrons. The van der Waals surface area contributed by atoms with Gasteiger partial charge in [-0.3, -0.25) is 20.4 Å². The fourth-order valence-corrected chi connectivity index (χ4v) is 8.94. The van der Waals surface area contributed by atoms with Crippen LogP contribution in [0.3, 0.4) is 0 Å². The Kier molecular flexibility index (Phi) is 6.85. The molecular weight excluding hydrogens is 466 g/mol. The zero-order valence-electron chi connectivity index (χ0n) is 17.6. The molecule has 0 saturated carbocycles. The summed E-state index contributed by atoms with van der Waals surface area (Å²) in [5.41, 5.74) is 6.66. The van der Waals surface area contributed by atoms with Gasteiger partial charge in [-0.05, 0) is 31.0 Å². The summed E-state index contributed by atoms with van der Waals surface area (Å²) in [4.78, 5) is 25.4. The van der Waals surface area contributed by atoms with Crippen LogP contribution in [0.2, 0.25) is 0 Å². The molecule has 10 heteroatoms. The number of amides is 2. The second kappa shape index (κ2) is 9.46. The highest BCUT2D eigenvalue weighted by Crippen LogP contribution is 2.52. The molecule has 2 aromatic carbocycles. The largest absolute Gasteiger partial charge is 0.273 e. The van der Waals surface area contributed by atoms with Crippen molar-refractivity contribution in [2.75, 3.05) is 18.1 Å². The molecule has 0 bridgehead atoms. The molecule has 0 aromatic heterocycles. The van der Waals surface area contributed by atoms with Crippen LogP contribution in [0.25, 0.3) is 0 Å². The van der Waals surface area contributed by atoms with Crippen molar-refractivity contribution in [2.45, 2.75) is 34.8 Å². The van der Waals surface area contributed by atoms with Crippen LogP contribution in [-0.2, 0) is 26.0 Å². The molecule has 0 aliphatic carbocycles. The topological polar surface area (TPSA) is 95.6 Å². The molecule has 2 N–H and O–H groups in total. The number of carbonyl (C=O) groups excluding carboxylic acids is 2. The molecular formula is C22H25N3O4S3. The summed E-state index contributed by atoms with van der Waals surface area (Å²) in [5, 5.41) is 0. The highest BCUT2D eigenvalue weighted by Gasteiger charge is 2.53. The van der Waals surface area contributed by atoms with E-state index >= 15 is 0 Å². The summed E-state index contributed by atoms with van der Waals surface area (Å²) in [6.45, 7) is 2.15. The third-order valence-corrected chi connectivity index (χ3v) is 10.8. The van der Waals surface area contributed by atoms with Crippen molar-refractivity contribution in [3.05, 3.63) is 65.7 Å². The quantitative estimate of drug-likeness (QED) is 0.624. The number of aryl methyl sites for hydroxylation is 1. The van der Waals surface area contributed by atoms with E-state index in [4.69, 9.17) is 0 Å². The molecule has 2 fully saturated rings. The molecule has 2 heterocycles. The SMILES string of the molecule is Cc1ccc(S(=O)(=O)N2CC3(C[C@H]2C(=O)NNC(=O)Cc2ccccc2)SCCS3)cc1. The van der Waals surface area contributed by atoms with E-state index in [9.17, 15) is 18.0 Å². The first-order valence-corrected chi connectivity index (χ1v) is 13.7. The number of hydrazine groups is 1. The van der Waals surface area contributed by atoms with Gasteiger partial charge in [-0.1, -0.05) is 48.0 Å². The van der Waals surface area contributed by atoms with Crippen LogP contribution >= 0.6 is 23.5 Å². The van der Waals surface area contributed by atoms with E-state index < -0.39 is 22.0 Å². The summed E-state index contributed by atoms with van der Waals surface area (Å²) in [6, 6.07) is 14.9. The fourth-order valence-electron chi connectivity index (χ4n) is 3.88. The maximum Gasteiger partial charge on any atom is 0.256 e. The van der Waals surface area contributed by atoms with E-state index in [2.05, 4.69) is 10.9 Å². The average molecular weight is 492 g/mol. The van der Waals surface area contributed by atoms with Crippen LogP contribution < -0.4 is 10.9 Å². The maximum absolute atomic E-state index is 13.4. The Morgan fingerprint density at radius 1 is 1.03 bits per heavy atom. The zero-order chi connectivity index (χ0) is 22.8. The third-order valence-electron chi connectivity index (χ3n) is 5.53. The molecule has 0 unspecified atom stereocenters. The normalized spacial score (nSPS) is 20.3. The number of carbonyl (C=O) groups is 2. The number of thioether (sulfide) groups is 2. The Morgan fingerprint density at radius 3 is 2.34 bits per heavy atom. The predicted octanol–water partition coefficient (Wildman–Crippen LogP) is 2.32. The van der Waals surface area contributed by atoms with Gasteiger partial charge in [-0.25, -0.2) is 8.42 Å². The van der Waals surface area contributed by atoms with E-state index in [1.165, 1.54) is 4.31 Å². The van der Waals surface area contributed by atoms with Crippen molar-refractivity contribution in [3.63, 3.8) is 0 Å². The van der Waals surface area contributed by atoms with Gasteiger partial charge in [0.2, 0.25) is 15.9 Å². The van der Waals surface area contributed by atoms with Crippen LogP contribution in [0, 0.1) is 6.92 Å². The first-order valence-electron chi connectivity index (χ1n) is 10.3. The lowest BCUT2D eigenvalue weighted by Crippen LogP contribution is -2.51. The minimum Gasteiger partial charge on any atom is -0.273 e. The molecule has 2 saturated heterocycles. The highest BCUT2D eigenvalue weighted by molar-refractivity contribution is 8.21. The molecule has 32 heavy (non-hydrogen) atoms. The van der Waals surface area contributed by atoms with Crippen molar-refractivity contribution < 1.29 is 18.0 Å². The van der Waals surface area contributed by atoms with Crippen molar-refractivity contribution in [1.29, 1.82) is 0 Å². The van der Waals surface area contributed by atoms with Gasteiger partial charge in [0.25, 0.3) is 5.91 Å². The van der Waals surface area contributed by atoms with Crippen molar-refractivity contribution >= 4 is 45.4 Å². The number of benzene rings is 2. The number of rotatable bonds is 5. The average Bonchev–Trinajstić information content (AvgIpc) is 3.40. The first kappa shape index (κ1) is 23.2. The van der Waals surface area contributed by atoms with Gasteiger partial charge in [0.15, 0.2) is 0 Å². The van der Waals surface area contributed by atoms with E-state index in [0.29, 0.717) is 6.42 Å². The molecule has 7 nitrogen and oxygen atoms in total. The third kappa shape index (κ3) is 4.98. The van der Waals surface area contributed by atoms with Gasteiger partial charge in [0, 0.05) is 18.1 Å². The predicted molar refractivity (Wildman–Crippen MR) is 128 cm³/mol. The Balaban J connectivity index is 1.49. The molecule has 2 aliphatic rings. The fraction of sp³-hybridized carbons (Fsp3) is 0.364. The summed E-state index contributed by atoms with van der Waals surface area (Å²) in [5.74, 6) is 0.957. The van der Waals surface area contributed by atoms with Crippen molar-refractivity contribution in [1.82, 2.24) is 15.2 Å². The first-order chi connectivity index (χ1) is 15.3. The lowest BCUT2D eigenvalue weighted by Gasteiger charge is -2.24. The van der Waals surface area contributed by atoms with Gasteiger partial charge in [-0.15, -0.1) is 23.5 Å². The van der Waals surface area contributed by atoms with Crippen LogP contribution in [0.4, 0.5) is 0 Å². The standard InChI is InChI=1S/C22H25N3O4S3/c1-16-7-9-18(10-8-16)32(28,29)25-15-22(30-11-12-31-22)14-19(25)21(27)24-23-20(26)13-17-5-3-2-4-6-17/h2-10,19H,11-15H2,1H3,(H,23,26)(H,24,27)/t19-/m0/s1. The van der Waals surface area contributed by atoms with E-state index in [1.807, 2.05) is 37.3 Å². The molecule has 2 amide bonds.